The molecule has 1 aliphatic rings. The van der Waals surface area contributed by atoms with Crippen LogP contribution in [0.3, 0.4) is 0 Å². The molecule has 0 saturated heterocycles. The lowest BCUT2D eigenvalue weighted by Crippen LogP contribution is -2.50. The van der Waals surface area contributed by atoms with Gasteiger partial charge in [-0.2, -0.15) is 0 Å². The van der Waals surface area contributed by atoms with Crippen molar-refractivity contribution in [3.05, 3.63) is 96.1 Å². The lowest BCUT2D eigenvalue weighted by molar-refractivity contribution is -0.122. The Morgan fingerprint density at radius 2 is 1.72 bits per heavy atom. The van der Waals surface area contributed by atoms with Gasteiger partial charge in [0.15, 0.2) is 0 Å². The van der Waals surface area contributed by atoms with Crippen LogP contribution in [0.15, 0.2) is 79.0 Å². The molecule has 0 radical (unpaired) electrons. The second-order valence-corrected chi connectivity index (χ2v) is 9.54. The van der Waals surface area contributed by atoms with Gasteiger partial charge in [0.1, 0.15) is 22.8 Å². The number of para-hydroxylation sites is 1. The standard InChI is InChI=1S/C30H23FN4O4/c1-17(36)34-25-7-5-4-6-21(25)22-15-24(32-16-27(22)34)28(37)33-30(2)23-13-12-20(39-3)14-26(23)35(29(30)38)19-10-8-18(31)9-11-19/h4-16H,1-3H3,(H,33,37). The Morgan fingerprint density at radius 3 is 2.44 bits per heavy atom. The Bertz CT molecular complexity index is 1830. The number of pyridine rings is 1. The zero-order valence-corrected chi connectivity index (χ0v) is 21.4. The summed E-state index contributed by atoms with van der Waals surface area (Å²) >= 11 is 0. The average Bonchev–Trinajstić information content (AvgIpc) is 3.38. The number of anilines is 2. The van der Waals surface area contributed by atoms with E-state index in [1.165, 1.54) is 49.4 Å². The van der Waals surface area contributed by atoms with Crippen LogP contribution in [0.4, 0.5) is 15.8 Å². The summed E-state index contributed by atoms with van der Waals surface area (Å²) in [6.45, 7) is 3.10. The Labute approximate surface area is 222 Å². The number of carbonyl (C=O) groups excluding carboxylic acids is 3. The first-order valence-corrected chi connectivity index (χ1v) is 12.2. The lowest BCUT2D eigenvalue weighted by Gasteiger charge is -2.25. The van der Waals surface area contributed by atoms with E-state index in [-0.39, 0.29) is 11.6 Å². The number of nitrogens with one attached hydrogen (secondary N) is 1. The van der Waals surface area contributed by atoms with Crippen LogP contribution in [0.5, 0.6) is 5.75 Å². The summed E-state index contributed by atoms with van der Waals surface area (Å²) < 4.78 is 20.6. The van der Waals surface area contributed by atoms with E-state index < -0.39 is 23.2 Å². The molecular formula is C30H23FN4O4. The van der Waals surface area contributed by atoms with Crippen molar-refractivity contribution < 1.29 is 23.5 Å². The molecule has 0 saturated carbocycles. The van der Waals surface area contributed by atoms with Crippen molar-refractivity contribution >= 4 is 50.9 Å². The SMILES string of the molecule is COc1ccc2c(c1)N(c1ccc(F)cc1)C(=O)C2(C)NC(=O)c1cc2c3ccccc3n(C(C)=O)c2cn1. The van der Waals surface area contributed by atoms with Crippen LogP contribution < -0.4 is 15.0 Å². The Morgan fingerprint density at radius 1 is 0.974 bits per heavy atom. The number of methoxy groups -OCH3 is 1. The number of benzene rings is 3. The van der Waals surface area contributed by atoms with E-state index in [4.69, 9.17) is 4.74 Å². The predicted octanol–water partition coefficient (Wildman–Crippen LogP) is 5.32. The zero-order chi connectivity index (χ0) is 27.5. The van der Waals surface area contributed by atoms with Gasteiger partial charge in [-0.05, 0) is 49.4 Å². The maximum Gasteiger partial charge on any atom is 0.271 e. The van der Waals surface area contributed by atoms with Crippen LogP contribution >= 0.6 is 0 Å². The molecule has 2 aromatic heterocycles. The van der Waals surface area contributed by atoms with Crippen LogP contribution in [-0.2, 0) is 10.3 Å². The fourth-order valence-electron chi connectivity index (χ4n) is 5.28. The highest BCUT2D eigenvalue weighted by atomic mass is 19.1. The smallest absolute Gasteiger partial charge is 0.271 e. The minimum atomic E-state index is -1.45. The van der Waals surface area contributed by atoms with Gasteiger partial charge in [0.25, 0.3) is 11.8 Å². The molecule has 194 valence electrons. The van der Waals surface area contributed by atoms with Crippen LogP contribution in [0.2, 0.25) is 0 Å². The molecule has 0 aliphatic carbocycles. The molecule has 8 nitrogen and oxygen atoms in total. The van der Waals surface area contributed by atoms with Crippen molar-refractivity contribution in [3.8, 4) is 5.75 Å². The third-order valence-corrected chi connectivity index (χ3v) is 7.17. The number of hydrogen-bond donors (Lipinski definition) is 1. The lowest BCUT2D eigenvalue weighted by atomic mass is 9.93. The Kier molecular flexibility index (Phi) is 5.46. The van der Waals surface area contributed by atoms with E-state index in [1.807, 2.05) is 24.3 Å². The summed E-state index contributed by atoms with van der Waals surface area (Å²) in [5.74, 6) is -1.05. The fraction of sp³-hybridized carbons (Fsp3) is 0.133. The van der Waals surface area contributed by atoms with E-state index in [2.05, 4.69) is 10.3 Å². The summed E-state index contributed by atoms with van der Waals surface area (Å²) in [6, 6.07) is 19.7. The van der Waals surface area contributed by atoms with E-state index in [0.717, 1.165) is 10.9 Å². The summed E-state index contributed by atoms with van der Waals surface area (Å²) in [5, 5.41) is 4.39. The van der Waals surface area contributed by atoms with Gasteiger partial charge in [-0.1, -0.05) is 24.3 Å². The minimum Gasteiger partial charge on any atom is -0.497 e. The van der Waals surface area contributed by atoms with Gasteiger partial charge in [0, 0.05) is 35.0 Å². The normalized spacial score (nSPS) is 16.5. The fourth-order valence-corrected chi connectivity index (χ4v) is 5.28. The Hall–Kier alpha value is -5.05. The molecule has 6 rings (SSSR count). The predicted molar refractivity (Wildman–Crippen MR) is 145 cm³/mol. The highest BCUT2D eigenvalue weighted by molar-refractivity contribution is 6.16. The number of rotatable bonds is 4. The van der Waals surface area contributed by atoms with Crippen LogP contribution in [-0.4, -0.2) is 34.4 Å². The summed E-state index contributed by atoms with van der Waals surface area (Å²) in [4.78, 5) is 45.7. The van der Waals surface area contributed by atoms with Gasteiger partial charge in [-0.3, -0.25) is 23.9 Å². The van der Waals surface area contributed by atoms with E-state index in [0.29, 0.717) is 33.6 Å². The highest BCUT2D eigenvalue weighted by Gasteiger charge is 2.49. The summed E-state index contributed by atoms with van der Waals surface area (Å²) in [7, 11) is 1.52. The third kappa shape index (κ3) is 3.65. The molecule has 39 heavy (non-hydrogen) atoms. The molecule has 3 heterocycles. The van der Waals surface area contributed by atoms with Gasteiger partial charge >= 0.3 is 0 Å². The Balaban J connectivity index is 1.43. The average molecular weight is 523 g/mol. The molecule has 3 aromatic carbocycles. The topological polar surface area (TPSA) is 93.5 Å². The minimum absolute atomic E-state index is 0.0956. The molecule has 9 heteroatoms. The number of ether oxygens (including phenoxy) is 1. The molecule has 0 spiro atoms. The summed E-state index contributed by atoms with van der Waals surface area (Å²) in [6.07, 6.45) is 1.49. The highest BCUT2D eigenvalue weighted by Crippen LogP contribution is 2.46. The van der Waals surface area contributed by atoms with Gasteiger partial charge in [0.2, 0.25) is 5.91 Å². The number of nitrogens with zero attached hydrogens (tertiary/aromatic N) is 3. The van der Waals surface area contributed by atoms with E-state index in [9.17, 15) is 18.8 Å². The molecular weight excluding hydrogens is 499 g/mol. The molecule has 1 unspecified atom stereocenters. The van der Waals surface area contributed by atoms with Crippen LogP contribution in [0.1, 0.15) is 34.7 Å². The first-order valence-electron chi connectivity index (χ1n) is 12.2. The van der Waals surface area contributed by atoms with Crippen molar-refractivity contribution in [2.45, 2.75) is 19.4 Å². The molecule has 1 atom stereocenters. The molecule has 0 fully saturated rings. The molecule has 1 N–H and O–H groups in total. The molecule has 1 aliphatic heterocycles. The molecule has 0 bridgehead atoms. The maximum atomic E-state index is 13.9. The van der Waals surface area contributed by atoms with Crippen LogP contribution in [0.25, 0.3) is 21.8 Å². The van der Waals surface area contributed by atoms with Gasteiger partial charge in [-0.25, -0.2) is 9.37 Å². The van der Waals surface area contributed by atoms with Gasteiger partial charge in [0.05, 0.1) is 30.0 Å². The summed E-state index contributed by atoms with van der Waals surface area (Å²) in [5.41, 5.74) is 1.47. The van der Waals surface area contributed by atoms with Crippen LogP contribution in [0, 0.1) is 5.82 Å². The second kappa shape index (κ2) is 8.76. The number of halogens is 1. The van der Waals surface area contributed by atoms with Crippen molar-refractivity contribution in [1.29, 1.82) is 0 Å². The largest absolute Gasteiger partial charge is 0.497 e. The molecule has 2 amide bonds. The first kappa shape index (κ1) is 24.3. The van der Waals surface area contributed by atoms with E-state index in [1.54, 1.807) is 35.8 Å². The number of carbonyl (C=O) groups is 3. The monoisotopic (exact) mass is 522 g/mol. The van der Waals surface area contributed by atoms with Gasteiger partial charge < -0.3 is 10.1 Å². The van der Waals surface area contributed by atoms with Gasteiger partial charge in [-0.15, -0.1) is 0 Å². The zero-order valence-electron chi connectivity index (χ0n) is 21.4. The van der Waals surface area contributed by atoms with Crippen molar-refractivity contribution in [2.75, 3.05) is 12.0 Å². The van der Waals surface area contributed by atoms with Crippen molar-refractivity contribution in [2.24, 2.45) is 0 Å². The number of amides is 2. The number of aromatic nitrogens is 2. The third-order valence-electron chi connectivity index (χ3n) is 7.17. The molecule has 5 aromatic rings. The maximum absolute atomic E-state index is 13.9. The number of fused-ring (bicyclic) bond motifs is 4. The first-order chi connectivity index (χ1) is 18.7. The second-order valence-electron chi connectivity index (χ2n) is 9.54. The number of hydrogen-bond acceptors (Lipinski definition) is 5. The van der Waals surface area contributed by atoms with Crippen molar-refractivity contribution in [3.63, 3.8) is 0 Å². The quantitative estimate of drug-likeness (QED) is 0.345. The van der Waals surface area contributed by atoms with Crippen molar-refractivity contribution in [1.82, 2.24) is 14.9 Å². The van der Waals surface area contributed by atoms with E-state index >= 15 is 0 Å².